The second kappa shape index (κ2) is 5.98. The van der Waals surface area contributed by atoms with E-state index in [4.69, 9.17) is 4.42 Å². The largest absolute Gasteiger partial charge is 0.463 e. The van der Waals surface area contributed by atoms with Crippen molar-refractivity contribution in [2.45, 2.75) is 0 Å². The lowest BCUT2D eigenvalue weighted by Gasteiger charge is -2.09. The lowest BCUT2D eigenvalue weighted by molar-refractivity contribution is 0.102. The van der Waals surface area contributed by atoms with Crippen LogP contribution >= 0.6 is 11.3 Å². The fourth-order valence-electron chi connectivity index (χ4n) is 1.92. The van der Waals surface area contributed by atoms with E-state index in [1.807, 2.05) is 31.1 Å². The molecule has 0 atom stereocenters. The third-order valence-electron chi connectivity index (χ3n) is 2.93. The molecule has 0 unspecified atom stereocenters. The average molecular weight is 314 g/mol. The summed E-state index contributed by atoms with van der Waals surface area (Å²) in [5.74, 6) is 0.455. The maximum absolute atomic E-state index is 12.2. The number of carbonyl (C=O) groups excluding carboxylic acids is 1. The first-order valence-electron chi connectivity index (χ1n) is 6.58. The Morgan fingerprint density at radius 1 is 1.27 bits per heavy atom. The van der Waals surface area contributed by atoms with Gasteiger partial charge in [-0.15, -0.1) is 0 Å². The van der Waals surface area contributed by atoms with Gasteiger partial charge in [-0.3, -0.25) is 15.1 Å². The van der Waals surface area contributed by atoms with E-state index < -0.39 is 0 Å². The number of anilines is 2. The van der Waals surface area contributed by atoms with Gasteiger partial charge in [0.2, 0.25) is 0 Å². The fraction of sp³-hybridized carbons (Fsp3) is 0.133. The van der Waals surface area contributed by atoms with Crippen LogP contribution in [0.1, 0.15) is 10.4 Å². The van der Waals surface area contributed by atoms with E-state index in [-0.39, 0.29) is 5.91 Å². The summed E-state index contributed by atoms with van der Waals surface area (Å²) in [6.07, 6.45) is 4.76. The molecule has 3 rings (SSSR count). The van der Waals surface area contributed by atoms with E-state index in [1.165, 1.54) is 11.3 Å². The molecule has 7 heteroatoms. The molecule has 3 aromatic heterocycles. The summed E-state index contributed by atoms with van der Waals surface area (Å²) in [6.45, 7) is 0. The average Bonchev–Trinajstić information content (AvgIpc) is 3.16. The van der Waals surface area contributed by atoms with Gasteiger partial charge in [-0.05, 0) is 24.3 Å². The lowest BCUT2D eigenvalue weighted by atomic mass is 10.2. The quantitative estimate of drug-likeness (QED) is 0.801. The van der Waals surface area contributed by atoms with E-state index in [2.05, 4.69) is 15.3 Å². The molecule has 22 heavy (non-hydrogen) atoms. The van der Waals surface area contributed by atoms with Crippen molar-refractivity contribution in [2.75, 3.05) is 24.3 Å². The summed E-state index contributed by atoms with van der Waals surface area (Å²) in [4.78, 5) is 22.5. The Kier molecular flexibility index (Phi) is 3.88. The molecule has 0 fully saturated rings. The van der Waals surface area contributed by atoms with Gasteiger partial charge >= 0.3 is 0 Å². The Morgan fingerprint density at radius 3 is 2.68 bits per heavy atom. The number of thiazole rings is 1. The van der Waals surface area contributed by atoms with Crippen LogP contribution in [-0.2, 0) is 0 Å². The summed E-state index contributed by atoms with van der Waals surface area (Å²) < 4.78 is 5.41. The van der Waals surface area contributed by atoms with Gasteiger partial charge in [0, 0.05) is 32.1 Å². The van der Waals surface area contributed by atoms with E-state index >= 15 is 0 Å². The molecule has 1 N–H and O–H groups in total. The van der Waals surface area contributed by atoms with Crippen molar-refractivity contribution in [3.63, 3.8) is 0 Å². The molecule has 0 aliphatic carbocycles. The number of hydrogen-bond acceptors (Lipinski definition) is 6. The van der Waals surface area contributed by atoms with Crippen LogP contribution in [0.5, 0.6) is 0 Å². The van der Waals surface area contributed by atoms with Crippen LogP contribution in [0.25, 0.3) is 11.5 Å². The van der Waals surface area contributed by atoms with Crippen molar-refractivity contribution in [1.29, 1.82) is 0 Å². The topological polar surface area (TPSA) is 71.3 Å². The Labute approximate surface area is 131 Å². The molecule has 0 radical (unpaired) electrons. The number of amides is 1. The van der Waals surface area contributed by atoms with E-state index in [1.54, 1.807) is 30.8 Å². The van der Waals surface area contributed by atoms with E-state index in [9.17, 15) is 4.79 Å². The van der Waals surface area contributed by atoms with E-state index in [0.29, 0.717) is 22.1 Å². The number of aromatic nitrogens is 2. The highest BCUT2D eigenvalue weighted by Crippen LogP contribution is 2.37. The lowest BCUT2D eigenvalue weighted by Crippen LogP contribution is -2.11. The van der Waals surface area contributed by atoms with Crippen molar-refractivity contribution in [1.82, 2.24) is 9.97 Å². The summed E-state index contributed by atoms with van der Waals surface area (Å²) >= 11 is 1.40. The molecule has 6 nitrogen and oxygen atoms in total. The predicted octanol–water partition coefficient (Wildman–Crippen LogP) is 3.12. The molecule has 0 saturated carbocycles. The van der Waals surface area contributed by atoms with Crippen LogP contribution in [-0.4, -0.2) is 30.0 Å². The van der Waals surface area contributed by atoms with Crippen LogP contribution in [0.15, 0.2) is 47.3 Å². The molecule has 0 aliphatic heterocycles. The highest BCUT2D eigenvalue weighted by Gasteiger charge is 2.18. The third-order valence-corrected chi connectivity index (χ3v) is 4.07. The van der Waals surface area contributed by atoms with Crippen LogP contribution in [0, 0.1) is 0 Å². The van der Waals surface area contributed by atoms with Gasteiger partial charge in [-0.25, -0.2) is 4.98 Å². The smallest absolute Gasteiger partial charge is 0.257 e. The minimum atomic E-state index is -0.215. The predicted molar refractivity (Wildman–Crippen MR) is 86.3 cm³/mol. The fourth-order valence-corrected chi connectivity index (χ4v) is 2.80. The molecule has 112 valence electrons. The van der Waals surface area contributed by atoms with Gasteiger partial charge in [-0.1, -0.05) is 11.3 Å². The van der Waals surface area contributed by atoms with E-state index in [0.717, 1.165) is 5.00 Å². The van der Waals surface area contributed by atoms with Gasteiger partial charge in [0.1, 0.15) is 10.7 Å². The Balaban J connectivity index is 1.89. The summed E-state index contributed by atoms with van der Waals surface area (Å²) in [5, 5.41) is 4.25. The minimum Gasteiger partial charge on any atom is -0.463 e. The van der Waals surface area contributed by atoms with Crippen LogP contribution in [0.2, 0.25) is 0 Å². The molecular weight excluding hydrogens is 300 g/mol. The minimum absolute atomic E-state index is 0.215. The van der Waals surface area contributed by atoms with Crippen molar-refractivity contribution >= 4 is 27.4 Å². The maximum atomic E-state index is 12.2. The number of nitrogens with one attached hydrogen (secondary N) is 1. The first-order chi connectivity index (χ1) is 10.6. The zero-order valence-electron chi connectivity index (χ0n) is 12.1. The second-order valence-electron chi connectivity index (χ2n) is 4.73. The van der Waals surface area contributed by atoms with Gasteiger partial charge in [0.25, 0.3) is 5.91 Å². The zero-order chi connectivity index (χ0) is 15.5. The Hall–Kier alpha value is -2.67. The number of hydrogen-bond donors (Lipinski definition) is 1. The SMILES string of the molecule is CN(C)c1sc(NC(=O)c2ccncc2)nc1-c1ccco1. The molecule has 1 amide bonds. The summed E-state index contributed by atoms with van der Waals surface area (Å²) in [6, 6.07) is 6.96. The number of pyridine rings is 1. The first-order valence-corrected chi connectivity index (χ1v) is 7.40. The molecule has 0 aromatic carbocycles. The Morgan fingerprint density at radius 2 is 2.05 bits per heavy atom. The molecular formula is C15H14N4O2S. The van der Waals surface area contributed by atoms with Crippen LogP contribution < -0.4 is 10.2 Å². The standard InChI is InChI=1S/C15H14N4O2S/c1-19(2)14-12(11-4-3-9-21-11)17-15(22-14)18-13(20)10-5-7-16-8-6-10/h3-9H,1-2H3,(H,17,18,20). The third kappa shape index (κ3) is 2.84. The molecule has 0 saturated heterocycles. The van der Waals surface area contributed by atoms with Crippen molar-refractivity contribution in [3.05, 3.63) is 48.5 Å². The van der Waals surface area contributed by atoms with Gasteiger partial charge < -0.3 is 9.32 Å². The maximum Gasteiger partial charge on any atom is 0.257 e. The van der Waals surface area contributed by atoms with Crippen molar-refractivity contribution < 1.29 is 9.21 Å². The van der Waals surface area contributed by atoms with Crippen molar-refractivity contribution in [3.8, 4) is 11.5 Å². The first kappa shape index (κ1) is 14.3. The van der Waals surface area contributed by atoms with Gasteiger partial charge in [0.15, 0.2) is 10.9 Å². The van der Waals surface area contributed by atoms with Gasteiger partial charge in [0.05, 0.1) is 6.26 Å². The number of carbonyl (C=O) groups is 1. The summed E-state index contributed by atoms with van der Waals surface area (Å²) in [5.41, 5.74) is 1.25. The van der Waals surface area contributed by atoms with Crippen LogP contribution in [0.4, 0.5) is 10.1 Å². The normalized spacial score (nSPS) is 10.5. The number of rotatable bonds is 4. The molecule has 3 heterocycles. The molecule has 0 bridgehead atoms. The highest BCUT2D eigenvalue weighted by atomic mass is 32.1. The monoisotopic (exact) mass is 314 g/mol. The number of furan rings is 1. The van der Waals surface area contributed by atoms with Gasteiger partial charge in [-0.2, -0.15) is 0 Å². The zero-order valence-corrected chi connectivity index (χ0v) is 12.9. The molecule has 0 spiro atoms. The Bertz CT molecular complexity index is 766. The second-order valence-corrected chi connectivity index (χ2v) is 5.71. The molecule has 0 aliphatic rings. The van der Waals surface area contributed by atoms with Crippen LogP contribution in [0.3, 0.4) is 0 Å². The number of nitrogens with zero attached hydrogens (tertiary/aromatic N) is 3. The summed E-state index contributed by atoms with van der Waals surface area (Å²) in [7, 11) is 3.85. The highest BCUT2D eigenvalue weighted by molar-refractivity contribution is 7.20. The van der Waals surface area contributed by atoms with Crippen molar-refractivity contribution in [2.24, 2.45) is 0 Å². The molecule has 3 aromatic rings.